The zero-order valence-corrected chi connectivity index (χ0v) is 13.4. The van der Waals surface area contributed by atoms with E-state index >= 15 is 0 Å². The number of rotatable bonds is 6. The summed E-state index contributed by atoms with van der Waals surface area (Å²) in [7, 11) is 1.60. The standard InChI is InChI=1S/C19H18N2O3/c1-23-18-6-3-2-5-17(18)14-24-19(22)16-9-7-15(8-10-16)13-21-12-4-11-20-21/h2-12H,13-14H2,1H3. The van der Waals surface area contributed by atoms with E-state index in [4.69, 9.17) is 9.47 Å². The monoisotopic (exact) mass is 322 g/mol. The summed E-state index contributed by atoms with van der Waals surface area (Å²) in [4.78, 5) is 12.2. The molecule has 3 rings (SSSR count). The number of ether oxygens (including phenoxy) is 2. The molecule has 1 heterocycles. The third-order valence-electron chi connectivity index (χ3n) is 3.64. The Morgan fingerprint density at radius 2 is 1.88 bits per heavy atom. The van der Waals surface area contributed by atoms with Crippen LogP contribution in [-0.4, -0.2) is 22.9 Å². The fraction of sp³-hybridized carbons (Fsp3) is 0.158. The lowest BCUT2D eigenvalue weighted by Gasteiger charge is -2.09. The first kappa shape index (κ1) is 15.8. The van der Waals surface area contributed by atoms with Crippen LogP contribution < -0.4 is 4.74 Å². The zero-order valence-electron chi connectivity index (χ0n) is 13.4. The van der Waals surface area contributed by atoms with Crippen LogP contribution in [0, 0.1) is 0 Å². The van der Waals surface area contributed by atoms with Gasteiger partial charge in [0.25, 0.3) is 0 Å². The molecule has 3 aromatic rings. The largest absolute Gasteiger partial charge is 0.496 e. The van der Waals surface area contributed by atoms with Crippen LogP contribution in [0.1, 0.15) is 21.5 Å². The fourth-order valence-electron chi connectivity index (χ4n) is 2.38. The number of hydrogen-bond donors (Lipinski definition) is 0. The number of para-hydroxylation sites is 1. The summed E-state index contributed by atoms with van der Waals surface area (Å²) in [6.45, 7) is 0.849. The summed E-state index contributed by atoms with van der Waals surface area (Å²) < 4.78 is 12.4. The first-order valence-corrected chi connectivity index (χ1v) is 7.61. The second kappa shape index (κ2) is 7.46. The van der Waals surface area contributed by atoms with Gasteiger partial charge in [0, 0.05) is 18.0 Å². The van der Waals surface area contributed by atoms with Gasteiger partial charge in [-0.2, -0.15) is 5.10 Å². The van der Waals surface area contributed by atoms with E-state index in [9.17, 15) is 4.79 Å². The van der Waals surface area contributed by atoms with Crippen molar-refractivity contribution in [1.82, 2.24) is 9.78 Å². The lowest BCUT2D eigenvalue weighted by atomic mass is 10.1. The Labute approximate surface area is 140 Å². The molecule has 0 unspecified atom stereocenters. The lowest BCUT2D eigenvalue weighted by molar-refractivity contribution is 0.0470. The van der Waals surface area contributed by atoms with Crippen LogP contribution in [0.2, 0.25) is 0 Å². The first-order valence-electron chi connectivity index (χ1n) is 7.61. The molecule has 24 heavy (non-hydrogen) atoms. The molecule has 122 valence electrons. The minimum absolute atomic E-state index is 0.178. The molecule has 1 aromatic heterocycles. The maximum atomic E-state index is 12.2. The quantitative estimate of drug-likeness (QED) is 0.654. The van der Waals surface area contributed by atoms with Gasteiger partial charge >= 0.3 is 5.97 Å². The third-order valence-corrected chi connectivity index (χ3v) is 3.64. The topological polar surface area (TPSA) is 53.4 Å². The summed E-state index contributed by atoms with van der Waals surface area (Å²) in [6.07, 6.45) is 3.64. The number of carbonyl (C=O) groups is 1. The minimum atomic E-state index is -0.355. The Bertz CT molecular complexity index is 796. The molecule has 0 fully saturated rings. The maximum Gasteiger partial charge on any atom is 0.338 e. The number of nitrogens with zero attached hydrogens (tertiary/aromatic N) is 2. The van der Waals surface area contributed by atoms with Crippen molar-refractivity contribution in [2.45, 2.75) is 13.2 Å². The molecule has 5 nitrogen and oxygen atoms in total. The number of methoxy groups -OCH3 is 1. The molecular formula is C19H18N2O3. The Kier molecular flexibility index (Phi) is 4.91. The Morgan fingerprint density at radius 1 is 1.08 bits per heavy atom. The summed E-state index contributed by atoms with van der Waals surface area (Å²) in [5.41, 5.74) is 2.43. The smallest absolute Gasteiger partial charge is 0.338 e. The van der Waals surface area contributed by atoms with Crippen LogP contribution in [0.15, 0.2) is 67.0 Å². The summed E-state index contributed by atoms with van der Waals surface area (Å²) in [5.74, 6) is 0.353. The van der Waals surface area contributed by atoms with E-state index < -0.39 is 0 Å². The van der Waals surface area contributed by atoms with Crippen molar-refractivity contribution in [2.75, 3.05) is 7.11 Å². The first-order chi connectivity index (χ1) is 11.8. The Hall–Kier alpha value is -3.08. The van der Waals surface area contributed by atoms with Crippen LogP contribution in [0.25, 0.3) is 0 Å². The van der Waals surface area contributed by atoms with Crippen molar-refractivity contribution in [3.63, 3.8) is 0 Å². The Morgan fingerprint density at radius 3 is 2.58 bits per heavy atom. The minimum Gasteiger partial charge on any atom is -0.496 e. The van der Waals surface area contributed by atoms with Crippen LogP contribution in [0.5, 0.6) is 5.75 Å². The highest BCUT2D eigenvalue weighted by molar-refractivity contribution is 5.89. The van der Waals surface area contributed by atoms with Crippen molar-refractivity contribution in [3.05, 3.63) is 83.7 Å². The third kappa shape index (κ3) is 3.81. The van der Waals surface area contributed by atoms with E-state index in [1.54, 1.807) is 25.4 Å². The van der Waals surface area contributed by atoms with Gasteiger partial charge in [0.15, 0.2) is 0 Å². The van der Waals surface area contributed by atoms with Gasteiger partial charge in [-0.15, -0.1) is 0 Å². The number of carbonyl (C=O) groups excluding carboxylic acids is 1. The van der Waals surface area contributed by atoms with Crippen molar-refractivity contribution in [1.29, 1.82) is 0 Å². The highest BCUT2D eigenvalue weighted by atomic mass is 16.5. The predicted molar refractivity (Wildman–Crippen MR) is 89.9 cm³/mol. The number of hydrogen-bond acceptors (Lipinski definition) is 4. The molecule has 0 amide bonds. The summed E-state index contributed by atoms with van der Waals surface area (Å²) in [5, 5.41) is 4.16. The van der Waals surface area contributed by atoms with Crippen molar-refractivity contribution in [2.24, 2.45) is 0 Å². The Balaban J connectivity index is 1.60. The lowest BCUT2D eigenvalue weighted by Crippen LogP contribution is -2.06. The number of esters is 1. The van der Waals surface area contributed by atoms with E-state index in [-0.39, 0.29) is 12.6 Å². The molecule has 0 aliphatic rings. The maximum absolute atomic E-state index is 12.2. The van der Waals surface area contributed by atoms with Gasteiger partial charge in [-0.3, -0.25) is 4.68 Å². The molecule has 0 atom stereocenters. The van der Waals surface area contributed by atoms with Crippen molar-refractivity contribution >= 4 is 5.97 Å². The molecule has 2 aromatic carbocycles. The number of benzene rings is 2. The SMILES string of the molecule is COc1ccccc1COC(=O)c1ccc(Cn2cccn2)cc1. The van der Waals surface area contributed by atoms with Gasteiger partial charge in [0.2, 0.25) is 0 Å². The van der Waals surface area contributed by atoms with E-state index in [1.165, 1.54) is 0 Å². The van der Waals surface area contributed by atoms with E-state index in [2.05, 4.69) is 5.10 Å². The van der Waals surface area contributed by atoms with Crippen LogP contribution in [-0.2, 0) is 17.9 Å². The molecule has 0 N–H and O–H groups in total. The van der Waals surface area contributed by atoms with E-state index in [0.29, 0.717) is 17.9 Å². The predicted octanol–water partition coefficient (Wildman–Crippen LogP) is 3.30. The normalized spacial score (nSPS) is 10.4. The molecule has 0 aliphatic heterocycles. The molecule has 0 radical (unpaired) electrons. The molecule has 0 saturated carbocycles. The molecule has 5 heteroatoms. The van der Waals surface area contributed by atoms with Crippen LogP contribution in [0.3, 0.4) is 0 Å². The van der Waals surface area contributed by atoms with Gasteiger partial charge in [0.1, 0.15) is 12.4 Å². The summed E-state index contributed by atoms with van der Waals surface area (Å²) >= 11 is 0. The van der Waals surface area contributed by atoms with Gasteiger partial charge in [0.05, 0.1) is 19.2 Å². The summed E-state index contributed by atoms with van der Waals surface area (Å²) in [6, 6.07) is 16.7. The average Bonchev–Trinajstić information content (AvgIpc) is 3.13. The van der Waals surface area contributed by atoms with Gasteiger partial charge < -0.3 is 9.47 Å². The number of aromatic nitrogens is 2. The van der Waals surface area contributed by atoms with Gasteiger partial charge in [-0.1, -0.05) is 30.3 Å². The molecular weight excluding hydrogens is 304 g/mol. The van der Waals surface area contributed by atoms with Crippen molar-refractivity contribution in [3.8, 4) is 5.75 Å². The highest BCUT2D eigenvalue weighted by Gasteiger charge is 2.09. The second-order valence-electron chi connectivity index (χ2n) is 5.29. The van der Waals surface area contributed by atoms with E-state index in [1.807, 2.05) is 53.3 Å². The second-order valence-corrected chi connectivity index (χ2v) is 5.29. The average molecular weight is 322 g/mol. The molecule has 0 bridgehead atoms. The van der Waals surface area contributed by atoms with Gasteiger partial charge in [-0.25, -0.2) is 4.79 Å². The van der Waals surface area contributed by atoms with Crippen molar-refractivity contribution < 1.29 is 14.3 Å². The molecule has 0 aliphatic carbocycles. The highest BCUT2D eigenvalue weighted by Crippen LogP contribution is 2.18. The van der Waals surface area contributed by atoms with Crippen LogP contribution in [0.4, 0.5) is 0 Å². The fourth-order valence-corrected chi connectivity index (χ4v) is 2.38. The van der Waals surface area contributed by atoms with E-state index in [0.717, 1.165) is 11.1 Å². The molecule has 0 spiro atoms. The molecule has 0 saturated heterocycles. The zero-order chi connectivity index (χ0) is 16.8. The van der Waals surface area contributed by atoms with Gasteiger partial charge in [-0.05, 0) is 29.8 Å². The van der Waals surface area contributed by atoms with Crippen LogP contribution >= 0.6 is 0 Å².